The van der Waals surface area contributed by atoms with Crippen LogP contribution < -0.4 is 5.32 Å². The summed E-state index contributed by atoms with van der Waals surface area (Å²) in [6, 6.07) is 0.363. The van der Waals surface area contributed by atoms with Gasteiger partial charge in [0, 0.05) is 12.0 Å². The van der Waals surface area contributed by atoms with Crippen molar-refractivity contribution in [1.29, 1.82) is 0 Å². The minimum absolute atomic E-state index is 0.278. The van der Waals surface area contributed by atoms with Gasteiger partial charge in [-0.15, -0.1) is 0 Å². The van der Waals surface area contributed by atoms with E-state index >= 15 is 0 Å². The summed E-state index contributed by atoms with van der Waals surface area (Å²) in [6.45, 7) is 4.22. The Bertz CT molecular complexity index is 306. The van der Waals surface area contributed by atoms with E-state index in [0.29, 0.717) is 12.0 Å². The average Bonchev–Trinajstić information content (AvgIpc) is 2.94. The van der Waals surface area contributed by atoms with Gasteiger partial charge in [-0.2, -0.15) is 4.98 Å². The van der Waals surface area contributed by atoms with E-state index in [1.807, 2.05) is 7.05 Å². The molecule has 14 heavy (non-hydrogen) atoms. The summed E-state index contributed by atoms with van der Waals surface area (Å²) >= 11 is 0. The zero-order chi connectivity index (χ0) is 10.1. The van der Waals surface area contributed by atoms with Gasteiger partial charge in [-0.05, 0) is 26.8 Å². The van der Waals surface area contributed by atoms with Gasteiger partial charge in [0.25, 0.3) is 0 Å². The van der Waals surface area contributed by atoms with Crippen LogP contribution in [0.3, 0.4) is 0 Å². The molecule has 4 heteroatoms. The molecule has 2 atom stereocenters. The molecule has 0 bridgehead atoms. The number of hydrogen-bond donors (Lipinski definition) is 1. The van der Waals surface area contributed by atoms with Crippen LogP contribution in [0.25, 0.3) is 0 Å². The highest BCUT2D eigenvalue weighted by molar-refractivity contribution is 5.05. The zero-order valence-corrected chi connectivity index (χ0v) is 8.95. The summed E-state index contributed by atoms with van der Waals surface area (Å²) in [6.07, 6.45) is 2.43. The molecule has 2 rings (SSSR count). The molecule has 4 nitrogen and oxygen atoms in total. The lowest BCUT2D eigenvalue weighted by Crippen LogP contribution is -2.27. The topological polar surface area (TPSA) is 51.0 Å². The smallest absolute Gasteiger partial charge is 0.231 e. The zero-order valence-electron chi connectivity index (χ0n) is 8.95. The van der Waals surface area contributed by atoms with E-state index in [1.165, 1.54) is 12.8 Å². The van der Waals surface area contributed by atoms with Gasteiger partial charge >= 0.3 is 0 Å². The van der Waals surface area contributed by atoms with E-state index in [0.717, 1.165) is 11.7 Å². The molecular formula is C10H17N3O. The van der Waals surface area contributed by atoms with E-state index in [2.05, 4.69) is 29.3 Å². The molecule has 1 aliphatic carbocycles. The number of aromatic nitrogens is 2. The third-order valence-corrected chi connectivity index (χ3v) is 2.99. The van der Waals surface area contributed by atoms with Crippen LogP contribution in [0.5, 0.6) is 0 Å². The van der Waals surface area contributed by atoms with Crippen molar-refractivity contribution in [3.63, 3.8) is 0 Å². The van der Waals surface area contributed by atoms with Crippen molar-refractivity contribution >= 4 is 0 Å². The van der Waals surface area contributed by atoms with Crippen LogP contribution in [0.2, 0.25) is 0 Å². The van der Waals surface area contributed by atoms with Crippen molar-refractivity contribution in [2.75, 3.05) is 7.05 Å². The van der Waals surface area contributed by atoms with E-state index in [4.69, 9.17) is 4.52 Å². The summed E-state index contributed by atoms with van der Waals surface area (Å²) in [5, 5.41) is 7.19. The fourth-order valence-corrected chi connectivity index (χ4v) is 1.40. The highest BCUT2D eigenvalue weighted by Gasteiger charge is 2.30. The Balaban J connectivity index is 2.07. The number of likely N-dealkylation sites (N-methyl/N-ethyl adjacent to an activating group) is 1. The number of rotatable bonds is 4. The highest BCUT2D eigenvalue weighted by atomic mass is 16.5. The predicted molar refractivity (Wildman–Crippen MR) is 53.2 cm³/mol. The molecule has 1 heterocycles. The first-order valence-electron chi connectivity index (χ1n) is 5.23. The molecule has 1 fully saturated rings. The van der Waals surface area contributed by atoms with Gasteiger partial charge < -0.3 is 9.84 Å². The lowest BCUT2D eigenvalue weighted by molar-refractivity contribution is 0.333. The van der Waals surface area contributed by atoms with E-state index in [9.17, 15) is 0 Å². The van der Waals surface area contributed by atoms with E-state index in [1.54, 1.807) is 0 Å². The maximum atomic E-state index is 5.25. The summed E-state index contributed by atoms with van der Waals surface area (Å²) in [5.74, 6) is 2.51. The monoisotopic (exact) mass is 195 g/mol. The highest BCUT2D eigenvalue weighted by Crippen LogP contribution is 2.38. The SMILES string of the molecule is CNC(C)C(C)c1nc(C2CC2)no1. The fourth-order valence-electron chi connectivity index (χ4n) is 1.40. The third kappa shape index (κ3) is 1.80. The first-order chi connectivity index (χ1) is 6.72. The van der Waals surface area contributed by atoms with Crippen molar-refractivity contribution in [2.45, 2.75) is 44.6 Å². The van der Waals surface area contributed by atoms with Crippen molar-refractivity contribution in [3.8, 4) is 0 Å². The van der Waals surface area contributed by atoms with Gasteiger partial charge in [-0.1, -0.05) is 12.1 Å². The minimum atomic E-state index is 0.278. The average molecular weight is 195 g/mol. The van der Waals surface area contributed by atoms with Gasteiger partial charge in [0.1, 0.15) is 0 Å². The molecular weight excluding hydrogens is 178 g/mol. The number of nitrogens with one attached hydrogen (secondary N) is 1. The fraction of sp³-hybridized carbons (Fsp3) is 0.800. The summed E-state index contributed by atoms with van der Waals surface area (Å²) in [4.78, 5) is 4.42. The number of nitrogens with zero attached hydrogens (tertiary/aromatic N) is 2. The predicted octanol–water partition coefficient (Wildman–Crippen LogP) is 1.66. The van der Waals surface area contributed by atoms with Gasteiger partial charge in [-0.3, -0.25) is 0 Å². The molecule has 0 spiro atoms. The van der Waals surface area contributed by atoms with Crippen LogP contribution in [-0.2, 0) is 0 Å². The van der Waals surface area contributed by atoms with Gasteiger partial charge in [-0.25, -0.2) is 0 Å². The molecule has 0 amide bonds. The van der Waals surface area contributed by atoms with E-state index in [-0.39, 0.29) is 5.92 Å². The first-order valence-corrected chi connectivity index (χ1v) is 5.23. The Morgan fingerprint density at radius 2 is 2.14 bits per heavy atom. The standard InChI is InChI=1S/C10H17N3O/c1-6(7(2)11-3)10-12-9(13-14-10)8-4-5-8/h6-8,11H,4-5H2,1-3H3. The van der Waals surface area contributed by atoms with Gasteiger partial charge in [0.05, 0.1) is 5.92 Å². The Hall–Kier alpha value is -0.900. The van der Waals surface area contributed by atoms with Crippen LogP contribution in [-0.4, -0.2) is 23.2 Å². The summed E-state index contributed by atoms with van der Waals surface area (Å²) < 4.78 is 5.25. The first kappa shape index (κ1) is 9.65. The summed E-state index contributed by atoms with van der Waals surface area (Å²) in [7, 11) is 1.94. The Labute approximate surface area is 84.1 Å². The molecule has 0 radical (unpaired) electrons. The second kappa shape index (κ2) is 3.69. The molecule has 1 saturated carbocycles. The maximum absolute atomic E-state index is 5.25. The van der Waals surface area contributed by atoms with Crippen molar-refractivity contribution in [1.82, 2.24) is 15.5 Å². The van der Waals surface area contributed by atoms with Gasteiger partial charge in [0.15, 0.2) is 5.82 Å². The quantitative estimate of drug-likeness (QED) is 0.793. The Morgan fingerprint density at radius 3 is 2.71 bits per heavy atom. The van der Waals surface area contributed by atoms with Crippen LogP contribution in [0.15, 0.2) is 4.52 Å². The van der Waals surface area contributed by atoms with Crippen molar-refractivity contribution < 1.29 is 4.52 Å². The second-order valence-corrected chi connectivity index (χ2v) is 4.13. The van der Waals surface area contributed by atoms with E-state index < -0.39 is 0 Å². The van der Waals surface area contributed by atoms with Crippen LogP contribution in [0.4, 0.5) is 0 Å². The lowest BCUT2D eigenvalue weighted by Gasteiger charge is -2.14. The molecule has 1 N–H and O–H groups in total. The van der Waals surface area contributed by atoms with Crippen molar-refractivity contribution in [3.05, 3.63) is 11.7 Å². The van der Waals surface area contributed by atoms with Crippen LogP contribution >= 0.6 is 0 Å². The third-order valence-electron chi connectivity index (χ3n) is 2.99. The molecule has 0 saturated heterocycles. The van der Waals surface area contributed by atoms with Crippen LogP contribution in [0, 0.1) is 0 Å². The van der Waals surface area contributed by atoms with Gasteiger partial charge in [0.2, 0.25) is 5.89 Å². The maximum Gasteiger partial charge on any atom is 0.231 e. The largest absolute Gasteiger partial charge is 0.339 e. The Kier molecular flexibility index (Phi) is 2.54. The normalized spacial score (nSPS) is 20.8. The molecule has 1 aliphatic rings. The second-order valence-electron chi connectivity index (χ2n) is 4.13. The molecule has 2 unspecified atom stereocenters. The minimum Gasteiger partial charge on any atom is -0.339 e. The lowest BCUT2D eigenvalue weighted by atomic mass is 10.0. The Morgan fingerprint density at radius 1 is 1.43 bits per heavy atom. The molecule has 0 aromatic carbocycles. The number of hydrogen-bond acceptors (Lipinski definition) is 4. The molecule has 1 aromatic rings. The molecule has 78 valence electrons. The summed E-state index contributed by atoms with van der Waals surface area (Å²) in [5.41, 5.74) is 0. The molecule has 1 aromatic heterocycles. The van der Waals surface area contributed by atoms with Crippen molar-refractivity contribution in [2.24, 2.45) is 0 Å². The molecule has 0 aliphatic heterocycles. The van der Waals surface area contributed by atoms with Crippen LogP contribution in [0.1, 0.15) is 50.2 Å².